The molecule has 0 radical (unpaired) electrons. The smallest absolute Gasteiger partial charge is 0.390 e. The molecule has 2 aliphatic rings. The highest BCUT2D eigenvalue weighted by atomic mass is 19.4. The van der Waals surface area contributed by atoms with E-state index in [1.165, 1.54) is 6.07 Å². The van der Waals surface area contributed by atoms with Crippen molar-refractivity contribution in [3.05, 3.63) is 48.2 Å². The topological polar surface area (TPSA) is 115 Å². The minimum Gasteiger partial charge on any atom is -0.390 e. The van der Waals surface area contributed by atoms with E-state index in [4.69, 9.17) is 0 Å². The molecule has 3 aromatic heterocycles. The van der Waals surface area contributed by atoms with Gasteiger partial charge in [0, 0.05) is 37.2 Å². The number of imidazole rings is 1. The third kappa shape index (κ3) is 5.97. The second kappa shape index (κ2) is 11.5. The molecule has 226 valence electrons. The van der Waals surface area contributed by atoms with Crippen molar-refractivity contribution in [2.75, 3.05) is 18.4 Å². The Balaban J connectivity index is 1.06. The number of aryl methyl sites for hydroxylation is 1. The molecular formula is C30H38F3N7O2. The van der Waals surface area contributed by atoms with E-state index in [1.807, 2.05) is 16.8 Å². The maximum absolute atomic E-state index is 13.0. The van der Waals surface area contributed by atoms with Crippen molar-refractivity contribution < 1.29 is 23.4 Å². The van der Waals surface area contributed by atoms with E-state index >= 15 is 0 Å². The second-order valence-electron chi connectivity index (χ2n) is 12.1. The number of rotatable bonds is 11. The summed E-state index contributed by atoms with van der Waals surface area (Å²) in [6.07, 6.45) is 2.57. The number of aromatic nitrogens is 5. The molecule has 4 N–H and O–H groups in total. The van der Waals surface area contributed by atoms with E-state index in [-0.39, 0.29) is 18.0 Å². The number of aliphatic hydroxyl groups is 2. The lowest BCUT2D eigenvalue weighted by Gasteiger charge is -2.30. The van der Waals surface area contributed by atoms with E-state index in [9.17, 15) is 23.4 Å². The minimum atomic E-state index is -4.39. The standard InChI is InChI=1S/C30H38F3N7O2/c1-17(2)39(11-4-3-5-25-37-22-9-6-19(30(31,32)33)14-23(22)38-25)15-18-13-24(27(42)26(18)41)40-12-10-21-28(36-20-7-8-20)34-16-35-29(21)40/h6,9-10,12,14,16-18,20,24,26-27,41-42H,3-5,7-8,11,13,15H2,1-2H3,(H,37,38)(H,34,35,36)/t18-,24-,26-,27+/m1/s1. The SMILES string of the molecule is CC(C)N(CCCCc1nc2ccc(C(F)(F)F)cc2[nH]1)C[C@H]1C[C@@H](n2ccc3c(NC4CC4)ncnc32)[C@H](O)[C@@H]1O. The second-order valence-corrected chi connectivity index (χ2v) is 12.1. The van der Waals surface area contributed by atoms with Crippen LogP contribution in [-0.2, 0) is 12.6 Å². The van der Waals surface area contributed by atoms with E-state index < -0.39 is 23.9 Å². The summed E-state index contributed by atoms with van der Waals surface area (Å²) in [6.45, 7) is 5.70. The lowest BCUT2D eigenvalue weighted by Crippen LogP contribution is -2.40. The van der Waals surface area contributed by atoms with Gasteiger partial charge in [-0.15, -0.1) is 0 Å². The number of aromatic amines is 1. The van der Waals surface area contributed by atoms with Gasteiger partial charge in [0.25, 0.3) is 0 Å². The van der Waals surface area contributed by atoms with Crippen LogP contribution in [0.1, 0.15) is 63.4 Å². The largest absolute Gasteiger partial charge is 0.416 e. The van der Waals surface area contributed by atoms with Crippen LogP contribution in [-0.4, -0.2) is 77.0 Å². The number of nitrogens with one attached hydrogen (secondary N) is 2. The van der Waals surface area contributed by atoms with E-state index in [2.05, 4.69) is 44.0 Å². The van der Waals surface area contributed by atoms with Crippen molar-refractivity contribution in [3.8, 4) is 0 Å². The fourth-order valence-electron chi connectivity index (χ4n) is 6.16. The first-order valence-corrected chi connectivity index (χ1v) is 14.8. The first-order chi connectivity index (χ1) is 20.1. The van der Waals surface area contributed by atoms with Gasteiger partial charge in [0.2, 0.25) is 0 Å². The predicted octanol–water partition coefficient (Wildman–Crippen LogP) is 4.92. The van der Waals surface area contributed by atoms with Crippen LogP contribution in [0.5, 0.6) is 0 Å². The molecule has 0 spiro atoms. The molecule has 2 fully saturated rings. The molecule has 0 amide bonds. The van der Waals surface area contributed by atoms with Gasteiger partial charge < -0.3 is 30.0 Å². The summed E-state index contributed by atoms with van der Waals surface area (Å²) < 4.78 is 41.1. The van der Waals surface area contributed by atoms with Gasteiger partial charge in [-0.2, -0.15) is 13.2 Å². The quantitative estimate of drug-likeness (QED) is 0.185. The zero-order valence-corrected chi connectivity index (χ0v) is 23.8. The molecule has 12 heteroatoms. The number of nitrogens with zero attached hydrogens (tertiary/aromatic N) is 5. The van der Waals surface area contributed by atoms with Crippen LogP contribution in [0, 0.1) is 5.92 Å². The number of unbranched alkanes of at least 4 members (excludes halogenated alkanes) is 1. The number of halogens is 3. The van der Waals surface area contributed by atoms with Crippen LogP contribution < -0.4 is 5.32 Å². The minimum absolute atomic E-state index is 0.103. The van der Waals surface area contributed by atoms with Gasteiger partial charge in [-0.1, -0.05) is 0 Å². The molecule has 3 heterocycles. The molecule has 2 saturated carbocycles. The highest BCUT2D eigenvalue weighted by Gasteiger charge is 2.43. The Hall–Kier alpha value is -3.22. The summed E-state index contributed by atoms with van der Waals surface area (Å²) in [5.41, 5.74) is 0.991. The highest BCUT2D eigenvalue weighted by Crippen LogP contribution is 2.39. The van der Waals surface area contributed by atoms with Crippen LogP contribution in [0.4, 0.5) is 19.0 Å². The Morgan fingerprint density at radius 2 is 1.93 bits per heavy atom. The molecule has 6 rings (SSSR count). The molecule has 1 aromatic carbocycles. The summed E-state index contributed by atoms with van der Waals surface area (Å²) >= 11 is 0. The van der Waals surface area contributed by atoms with Crippen molar-refractivity contribution in [1.82, 2.24) is 29.4 Å². The third-order valence-corrected chi connectivity index (χ3v) is 8.72. The molecule has 0 unspecified atom stereocenters. The zero-order valence-electron chi connectivity index (χ0n) is 23.8. The van der Waals surface area contributed by atoms with Crippen LogP contribution in [0.25, 0.3) is 22.1 Å². The molecule has 42 heavy (non-hydrogen) atoms. The monoisotopic (exact) mass is 585 g/mol. The number of hydrogen-bond donors (Lipinski definition) is 4. The summed E-state index contributed by atoms with van der Waals surface area (Å²) in [7, 11) is 0. The number of hydrogen-bond acceptors (Lipinski definition) is 7. The van der Waals surface area contributed by atoms with Crippen LogP contribution in [0.3, 0.4) is 0 Å². The first-order valence-electron chi connectivity index (χ1n) is 14.8. The van der Waals surface area contributed by atoms with Gasteiger partial charge in [-0.25, -0.2) is 15.0 Å². The molecule has 2 aliphatic carbocycles. The number of anilines is 1. The summed E-state index contributed by atoms with van der Waals surface area (Å²) in [5, 5.41) is 26.5. The fourth-order valence-corrected chi connectivity index (χ4v) is 6.16. The van der Waals surface area contributed by atoms with Gasteiger partial charge >= 0.3 is 6.18 Å². The summed E-state index contributed by atoms with van der Waals surface area (Å²) in [4.78, 5) is 18.7. The Bertz CT molecular complexity index is 1530. The molecule has 0 aliphatic heterocycles. The number of H-pyrrole nitrogens is 1. The van der Waals surface area contributed by atoms with Gasteiger partial charge in [0.1, 0.15) is 29.7 Å². The van der Waals surface area contributed by atoms with Crippen molar-refractivity contribution in [2.45, 2.75) is 88.9 Å². The molecule has 4 atom stereocenters. The average molecular weight is 586 g/mol. The van der Waals surface area contributed by atoms with E-state index in [0.717, 1.165) is 61.2 Å². The third-order valence-electron chi connectivity index (χ3n) is 8.72. The first kappa shape index (κ1) is 28.9. The van der Waals surface area contributed by atoms with Crippen molar-refractivity contribution in [2.24, 2.45) is 5.92 Å². The van der Waals surface area contributed by atoms with Gasteiger partial charge in [0.15, 0.2) is 0 Å². The summed E-state index contributed by atoms with van der Waals surface area (Å²) in [5.74, 6) is 1.38. The molecular weight excluding hydrogens is 547 g/mol. The molecule has 0 bridgehead atoms. The number of alkyl halides is 3. The van der Waals surface area contributed by atoms with Gasteiger partial charge in [-0.3, -0.25) is 0 Å². The maximum atomic E-state index is 13.0. The van der Waals surface area contributed by atoms with Crippen molar-refractivity contribution in [1.29, 1.82) is 0 Å². The highest BCUT2D eigenvalue weighted by molar-refractivity contribution is 5.87. The van der Waals surface area contributed by atoms with E-state index in [0.29, 0.717) is 42.3 Å². The molecule has 0 saturated heterocycles. The lowest BCUT2D eigenvalue weighted by atomic mass is 10.0. The van der Waals surface area contributed by atoms with Crippen molar-refractivity contribution >= 4 is 27.9 Å². The number of aliphatic hydroxyl groups excluding tert-OH is 2. The van der Waals surface area contributed by atoms with E-state index in [1.54, 1.807) is 6.33 Å². The lowest BCUT2D eigenvalue weighted by molar-refractivity contribution is -0.137. The normalized spacial score (nSPS) is 23.2. The van der Waals surface area contributed by atoms with Gasteiger partial charge in [-0.05, 0) is 76.8 Å². The Labute approximate surface area is 242 Å². The summed E-state index contributed by atoms with van der Waals surface area (Å²) in [6, 6.07) is 5.96. The predicted molar refractivity (Wildman–Crippen MR) is 154 cm³/mol. The molecule has 9 nitrogen and oxygen atoms in total. The number of fused-ring (bicyclic) bond motifs is 2. The maximum Gasteiger partial charge on any atom is 0.416 e. The fraction of sp³-hybridized carbons (Fsp3) is 0.567. The average Bonchev–Trinajstić information content (AvgIpc) is 3.39. The molecule has 4 aromatic rings. The number of benzene rings is 1. The Morgan fingerprint density at radius 1 is 1.12 bits per heavy atom. The van der Waals surface area contributed by atoms with Gasteiger partial charge in [0.05, 0.1) is 34.1 Å². The Morgan fingerprint density at radius 3 is 2.67 bits per heavy atom. The Kier molecular flexibility index (Phi) is 7.88. The van der Waals surface area contributed by atoms with Crippen LogP contribution in [0.2, 0.25) is 0 Å². The van der Waals surface area contributed by atoms with Crippen molar-refractivity contribution in [3.63, 3.8) is 0 Å². The zero-order chi connectivity index (χ0) is 29.6. The van der Waals surface area contributed by atoms with Crippen LogP contribution >= 0.6 is 0 Å². The van der Waals surface area contributed by atoms with Crippen LogP contribution in [0.15, 0.2) is 36.8 Å².